The second-order valence-electron chi connectivity index (χ2n) is 4.48. The number of methoxy groups -OCH3 is 1. The average Bonchev–Trinajstić information content (AvgIpc) is 2.38. The Bertz CT molecular complexity index is 534. The fraction of sp³-hybridized carbons (Fsp3) is 0.462. The number of sulfonamides is 1. The van der Waals surface area contributed by atoms with Gasteiger partial charge in [0, 0.05) is 12.7 Å². The smallest absolute Gasteiger partial charge is 0.251 e. The molecule has 0 fully saturated rings. The van der Waals surface area contributed by atoms with E-state index in [4.69, 9.17) is 9.88 Å². The van der Waals surface area contributed by atoms with Crippen molar-refractivity contribution in [3.8, 4) is 0 Å². The van der Waals surface area contributed by atoms with E-state index in [1.807, 2.05) is 6.92 Å². The Morgan fingerprint density at radius 3 is 2.40 bits per heavy atom. The Morgan fingerprint density at radius 1 is 1.35 bits per heavy atom. The molecule has 0 aliphatic carbocycles. The highest BCUT2D eigenvalue weighted by atomic mass is 32.2. The fourth-order valence-corrected chi connectivity index (χ4v) is 2.33. The minimum atomic E-state index is -3.74. The monoisotopic (exact) mass is 300 g/mol. The molecule has 0 aliphatic rings. The van der Waals surface area contributed by atoms with Crippen LogP contribution in [0.25, 0.3) is 0 Å². The number of amides is 1. The summed E-state index contributed by atoms with van der Waals surface area (Å²) in [7, 11) is -2.16. The topological polar surface area (TPSA) is 98.5 Å². The third kappa shape index (κ3) is 4.92. The summed E-state index contributed by atoms with van der Waals surface area (Å²) in [5.41, 5.74) is 0.384. The number of nitrogens with two attached hydrogens (primary N) is 1. The van der Waals surface area contributed by atoms with Crippen LogP contribution in [0.5, 0.6) is 0 Å². The summed E-state index contributed by atoms with van der Waals surface area (Å²) in [4.78, 5) is 12.0. The highest BCUT2D eigenvalue weighted by Gasteiger charge is 2.14. The summed E-state index contributed by atoms with van der Waals surface area (Å²) >= 11 is 0. The highest BCUT2D eigenvalue weighted by molar-refractivity contribution is 7.89. The van der Waals surface area contributed by atoms with Crippen molar-refractivity contribution in [2.24, 2.45) is 5.14 Å². The third-order valence-electron chi connectivity index (χ3n) is 2.79. The SMILES string of the molecule is CCCC(COC)NC(=O)c1ccc(S(N)(=O)=O)cc1. The Morgan fingerprint density at radius 2 is 1.95 bits per heavy atom. The Kier molecular flexibility index (Phi) is 6.12. The van der Waals surface area contributed by atoms with Gasteiger partial charge < -0.3 is 10.1 Å². The van der Waals surface area contributed by atoms with Crippen molar-refractivity contribution in [3.05, 3.63) is 29.8 Å². The second kappa shape index (κ2) is 7.37. The van der Waals surface area contributed by atoms with Gasteiger partial charge in [0.25, 0.3) is 5.91 Å². The molecule has 20 heavy (non-hydrogen) atoms. The van der Waals surface area contributed by atoms with Crippen LogP contribution in [0, 0.1) is 0 Å². The van der Waals surface area contributed by atoms with Gasteiger partial charge in [0.1, 0.15) is 0 Å². The summed E-state index contributed by atoms with van der Waals surface area (Å²) in [5.74, 6) is -0.263. The van der Waals surface area contributed by atoms with E-state index in [1.54, 1.807) is 7.11 Å². The lowest BCUT2D eigenvalue weighted by Crippen LogP contribution is -2.37. The summed E-state index contributed by atoms with van der Waals surface area (Å²) in [6, 6.07) is 5.44. The van der Waals surface area contributed by atoms with E-state index in [9.17, 15) is 13.2 Å². The van der Waals surface area contributed by atoms with Crippen molar-refractivity contribution < 1.29 is 17.9 Å². The van der Waals surface area contributed by atoms with Crippen LogP contribution in [-0.2, 0) is 14.8 Å². The normalized spacial score (nSPS) is 12.9. The number of hydrogen-bond donors (Lipinski definition) is 2. The van der Waals surface area contributed by atoms with E-state index in [1.165, 1.54) is 24.3 Å². The number of benzene rings is 1. The third-order valence-corrected chi connectivity index (χ3v) is 3.71. The first kappa shape index (κ1) is 16.6. The molecule has 0 aliphatic heterocycles. The number of nitrogens with one attached hydrogen (secondary N) is 1. The van der Waals surface area contributed by atoms with Gasteiger partial charge in [-0.3, -0.25) is 4.79 Å². The molecule has 0 aromatic heterocycles. The average molecular weight is 300 g/mol. The molecule has 6 nitrogen and oxygen atoms in total. The lowest BCUT2D eigenvalue weighted by molar-refractivity contribution is 0.0891. The molecule has 7 heteroatoms. The number of ether oxygens (including phenoxy) is 1. The van der Waals surface area contributed by atoms with Crippen molar-refractivity contribution >= 4 is 15.9 Å². The Labute approximate surface area is 119 Å². The number of rotatable bonds is 7. The summed E-state index contributed by atoms with van der Waals surface area (Å²) in [6.07, 6.45) is 1.74. The molecular formula is C13H20N2O4S. The van der Waals surface area contributed by atoms with E-state index in [2.05, 4.69) is 5.32 Å². The Balaban J connectivity index is 2.77. The van der Waals surface area contributed by atoms with Crippen molar-refractivity contribution in [1.29, 1.82) is 0 Å². The first-order valence-corrected chi connectivity index (χ1v) is 7.85. The van der Waals surface area contributed by atoms with Crippen LogP contribution in [0.15, 0.2) is 29.2 Å². The quantitative estimate of drug-likeness (QED) is 0.781. The zero-order chi connectivity index (χ0) is 15.2. The molecule has 0 radical (unpaired) electrons. The van der Waals surface area contributed by atoms with E-state index in [0.29, 0.717) is 12.2 Å². The maximum Gasteiger partial charge on any atom is 0.251 e. The second-order valence-corrected chi connectivity index (χ2v) is 6.05. The van der Waals surface area contributed by atoms with Crippen LogP contribution in [0.1, 0.15) is 30.1 Å². The van der Waals surface area contributed by atoms with Gasteiger partial charge in [-0.2, -0.15) is 0 Å². The number of carbonyl (C=O) groups excluding carboxylic acids is 1. The van der Waals surface area contributed by atoms with Gasteiger partial charge in [0.05, 0.1) is 17.5 Å². The van der Waals surface area contributed by atoms with Crippen molar-refractivity contribution in [2.45, 2.75) is 30.7 Å². The fourth-order valence-electron chi connectivity index (χ4n) is 1.81. The molecular weight excluding hydrogens is 280 g/mol. The Hall–Kier alpha value is -1.44. The van der Waals surface area contributed by atoms with E-state index < -0.39 is 10.0 Å². The molecule has 3 N–H and O–H groups in total. The molecule has 1 atom stereocenters. The van der Waals surface area contributed by atoms with Gasteiger partial charge in [-0.15, -0.1) is 0 Å². The van der Waals surface area contributed by atoms with E-state index in [0.717, 1.165) is 12.8 Å². The van der Waals surface area contributed by atoms with Crippen LogP contribution in [0.2, 0.25) is 0 Å². The van der Waals surface area contributed by atoms with Gasteiger partial charge in [-0.05, 0) is 30.7 Å². The van der Waals surface area contributed by atoms with Crippen molar-refractivity contribution in [3.63, 3.8) is 0 Å². The molecule has 0 spiro atoms. The van der Waals surface area contributed by atoms with Crippen molar-refractivity contribution in [2.75, 3.05) is 13.7 Å². The first-order valence-electron chi connectivity index (χ1n) is 6.31. The molecule has 0 heterocycles. The first-order chi connectivity index (χ1) is 9.38. The molecule has 0 bridgehead atoms. The number of hydrogen-bond acceptors (Lipinski definition) is 4. The van der Waals surface area contributed by atoms with Crippen LogP contribution in [0.4, 0.5) is 0 Å². The van der Waals surface area contributed by atoms with Crippen LogP contribution in [-0.4, -0.2) is 34.1 Å². The zero-order valence-electron chi connectivity index (χ0n) is 11.6. The molecule has 112 valence electrons. The van der Waals surface area contributed by atoms with Gasteiger partial charge in [-0.25, -0.2) is 13.6 Å². The molecule has 1 aromatic rings. The van der Waals surface area contributed by atoms with E-state index in [-0.39, 0.29) is 16.8 Å². The zero-order valence-corrected chi connectivity index (χ0v) is 12.4. The molecule has 0 saturated heterocycles. The highest BCUT2D eigenvalue weighted by Crippen LogP contribution is 2.09. The lowest BCUT2D eigenvalue weighted by Gasteiger charge is -2.17. The van der Waals surface area contributed by atoms with Crippen molar-refractivity contribution in [1.82, 2.24) is 5.32 Å². The molecule has 0 saturated carbocycles. The predicted octanol–water partition coefficient (Wildman–Crippen LogP) is 0.879. The number of primary sulfonamides is 1. The summed E-state index contributed by atoms with van der Waals surface area (Å²) in [6.45, 7) is 2.46. The standard InChI is InChI=1S/C13H20N2O4S/c1-3-4-11(9-19-2)15-13(16)10-5-7-12(8-6-10)20(14,17)18/h5-8,11H,3-4,9H2,1-2H3,(H,15,16)(H2,14,17,18). The predicted molar refractivity (Wildman–Crippen MR) is 75.9 cm³/mol. The van der Waals surface area contributed by atoms with Gasteiger partial charge in [-0.1, -0.05) is 13.3 Å². The molecule has 1 unspecified atom stereocenters. The molecule has 1 amide bonds. The van der Waals surface area contributed by atoms with Gasteiger partial charge >= 0.3 is 0 Å². The minimum Gasteiger partial charge on any atom is -0.383 e. The van der Waals surface area contributed by atoms with Crippen LogP contribution in [0.3, 0.4) is 0 Å². The van der Waals surface area contributed by atoms with Gasteiger partial charge in [0.15, 0.2) is 0 Å². The maximum absolute atomic E-state index is 12.0. The van der Waals surface area contributed by atoms with E-state index >= 15 is 0 Å². The molecule has 1 rings (SSSR count). The largest absolute Gasteiger partial charge is 0.383 e. The lowest BCUT2D eigenvalue weighted by atomic mass is 10.1. The summed E-state index contributed by atoms with van der Waals surface area (Å²) < 4.78 is 27.3. The van der Waals surface area contributed by atoms with Crippen LogP contribution >= 0.6 is 0 Å². The van der Waals surface area contributed by atoms with Crippen LogP contribution < -0.4 is 10.5 Å². The van der Waals surface area contributed by atoms with Gasteiger partial charge in [0.2, 0.25) is 10.0 Å². The number of carbonyl (C=O) groups is 1. The molecule has 1 aromatic carbocycles. The summed E-state index contributed by atoms with van der Waals surface area (Å²) in [5, 5.41) is 7.85. The minimum absolute atomic E-state index is 0.0175. The maximum atomic E-state index is 12.0.